The molecule has 0 atom stereocenters. The van der Waals surface area contributed by atoms with Crippen LogP contribution in [-0.2, 0) is 12.8 Å². The number of carbonyl (C=O) groups excluding carboxylic acids is 1. The van der Waals surface area contributed by atoms with Crippen molar-refractivity contribution in [3.63, 3.8) is 0 Å². The number of nitrogen functional groups attached to an aromatic ring is 1. The number of carbonyl (C=O) groups is 1. The minimum atomic E-state index is -0.526. The van der Waals surface area contributed by atoms with Gasteiger partial charge in [-0.25, -0.2) is 4.79 Å². The van der Waals surface area contributed by atoms with Gasteiger partial charge in [0.1, 0.15) is 0 Å². The van der Waals surface area contributed by atoms with Crippen LogP contribution in [0, 0.1) is 0 Å². The third-order valence-corrected chi connectivity index (χ3v) is 4.22. The summed E-state index contributed by atoms with van der Waals surface area (Å²) in [7, 11) is 0. The van der Waals surface area contributed by atoms with Crippen LogP contribution in [0.5, 0.6) is 0 Å². The van der Waals surface area contributed by atoms with Crippen molar-refractivity contribution in [3.05, 3.63) is 35.4 Å². The van der Waals surface area contributed by atoms with Crippen molar-refractivity contribution in [1.29, 1.82) is 0 Å². The highest BCUT2D eigenvalue weighted by Crippen LogP contribution is 2.42. The quantitative estimate of drug-likeness (QED) is 0.688. The lowest BCUT2D eigenvalue weighted by atomic mass is 9.91. The van der Waals surface area contributed by atoms with Gasteiger partial charge >= 0.3 is 6.03 Å². The topological polar surface area (TPSA) is 81.1 Å². The summed E-state index contributed by atoms with van der Waals surface area (Å²) in [6.07, 6.45) is 2.00. The molecule has 0 fully saturated rings. The van der Waals surface area contributed by atoms with Crippen molar-refractivity contribution in [1.82, 2.24) is 0 Å². The average Bonchev–Trinajstić information content (AvgIpc) is 2.70. The molecule has 1 aliphatic rings. The van der Waals surface area contributed by atoms with Crippen molar-refractivity contribution in [2.24, 2.45) is 5.73 Å². The van der Waals surface area contributed by atoms with Gasteiger partial charge in [-0.15, -0.1) is 11.3 Å². The SMILES string of the molecule is NC(=O)Nc1cc2c(s1)-c1cc(N)ccc1CC2. The molecule has 0 radical (unpaired) electrons. The van der Waals surface area contributed by atoms with E-state index < -0.39 is 6.03 Å². The Labute approximate surface area is 109 Å². The van der Waals surface area contributed by atoms with E-state index in [0.29, 0.717) is 0 Å². The van der Waals surface area contributed by atoms with Crippen LogP contribution in [0.1, 0.15) is 11.1 Å². The number of thiophene rings is 1. The Bertz CT molecular complexity index is 633. The van der Waals surface area contributed by atoms with Crippen LogP contribution in [-0.4, -0.2) is 6.03 Å². The van der Waals surface area contributed by atoms with Gasteiger partial charge in [0.25, 0.3) is 0 Å². The first kappa shape index (κ1) is 11.1. The van der Waals surface area contributed by atoms with E-state index in [4.69, 9.17) is 11.5 Å². The minimum absolute atomic E-state index is 0.526. The lowest BCUT2D eigenvalue weighted by Crippen LogP contribution is -2.18. The van der Waals surface area contributed by atoms with Gasteiger partial charge in [-0.2, -0.15) is 0 Å². The Morgan fingerprint density at radius 3 is 2.78 bits per heavy atom. The lowest BCUT2D eigenvalue weighted by molar-refractivity contribution is 0.259. The van der Waals surface area contributed by atoms with E-state index in [2.05, 4.69) is 11.4 Å². The average molecular weight is 259 g/mol. The largest absolute Gasteiger partial charge is 0.399 e. The highest BCUT2D eigenvalue weighted by molar-refractivity contribution is 7.19. The molecule has 1 aliphatic carbocycles. The van der Waals surface area contributed by atoms with Crippen molar-refractivity contribution in [3.8, 4) is 10.4 Å². The maximum Gasteiger partial charge on any atom is 0.317 e. The summed E-state index contributed by atoms with van der Waals surface area (Å²) in [6, 6.07) is 7.48. The second-order valence-corrected chi connectivity index (χ2v) is 5.42. The molecule has 0 saturated heterocycles. The Morgan fingerprint density at radius 1 is 1.22 bits per heavy atom. The van der Waals surface area contributed by atoms with Crippen molar-refractivity contribution < 1.29 is 4.79 Å². The molecule has 92 valence electrons. The summed E-state index contributed by atoms with van der Waals surface area (Å²) in [5.74, 6) is 0. The number of rotatable bonds is 1. The number of primary amides is 1. The van der Waals surface area contributed by atoms with Gasteiger partial charge in [0.15, 0.2) is 0 Å². The zero-order valence-electron chi connectivity index (χ0n) is 9.69. The third-order valence-electron chi connectivity index (χ3n) is 3.10. The number of nitrogens with two attached hydrogens (primary N) is 2. The zero-order valence-corrected chi connectivity index (χ0v) is 10.5. The Kier molecular flexibility index (Phi) is 2.48. The van der Waals surface area contributed by atoms with E-state index in [1.165, 1.54) is 21.6 Å². The first-order chi connectivity index (χ1) is 8.63. The predicted molar refractivity (Wildman–Crippen MR) is 74.8 cm³/mol. The van der Waals surface area contributed by atoms with E-state index in [-0.39, 0.29) is 0 Å². The van der Waals surface area contributed by atoms with E-state index >= 15 is 0 Å². The molecule has 0 spiro atoms. The zero-order chi connectivity index (χ0) is 12.7. The molecule has 0 saturated carbocycles. The Balaban J connectivity index is 2.08. The normalized spacial score (nSPS) is 12.7. The monoisotopic (exact) mass is 259 g/mol. The first-order valence-electron chi connectivity index (χ1n) is 5.71. The van der Waals surface area contributed by atoms with Crippen LogP contribution in [0.4, 0.5) is 15.5 Å². The van der Waals surface area contributed by atoms with E-state index in [1.807, 2.05) is 18.2 Å². The molecular formula is C13H13N3OS. The predicted octanol–water partition coefficient (Wildman–Crippen LogP) is 2.59. The fourth-order valence-electron chi connectivity index (χ4n) is 2.32. The van der Waals surface area contributed by atoms with Crippen LogP contribution in [0.3, 0.4) is 0 Å². The third kappa shape index (κ3) is 1.82. The second-order valence-electron chi connectivity index (χ2n) is 4.37. The van der Waals surface area contributed by atoms with Crippen LogP contribution in [0.15, 0.2) is 24.3 Å². The number of benzene rings is 1. The Hall–Kier alpha value is -2.01. The standard InChI is InChI=1S/C13H13N3OS/c14-9-4-3-7-1-2-8-5-11(16-13(15)17)18-12(8)10(7)6-9/h3-6H,1-2,14H2,(H3,15,16,17). The van der Waals surface area contributed by atoms with E-state index in [9.17, 15) is 4.79 Å². The van der Waals surface area contributed by atoms with Gasteiger partial charge in [-0.05, 0) is 47.7 Å². The molecule has 0 aliphatic heterocycles. The van der Waals surface area contributed by atoms with Crippen molar-refractivity contribution in [2.75, 3.05) is 11.1 Å². The number of amides is 2. The highest BCUT2D eigenvalue weighted by Gasteiger charge is 2.19. The lowest BCUT2D eigenvalue weighted by Gasteiger charge is -2.16. The molecule has 2 aromatic rings. The maximum atomic E-state index is 10.9. The molecule has 0 unspecified atom stereocenters. The van der Waals surface area contributed by atoms with Crippen LogP contribution in [0.2, 0.25) is 0 Å². The summed E-state index contributed by atoms with van der Waals surface area (Å²) >= 11 is 1.55. The molecule has 5 N–H and O–H groups in total. The number of fused-ring (bicyclic) bond motifs is 3. The number of nitrogens with one attached hydrogen (secondary N) is 1. The molecule has 2 amide bonds. The molecule has 18 heavy (non-hydrogen) atoms. The molecule has 4 nitrogen and oxygen atoms in total. The molecule has 1 aromatic heterocycles. The summed E-state index contributed by atoms with van der Waals surface area (Å²) in [5, 5.41) is 3.43. The Morgan fingerprint density at radius 2 is 2.00 bits per heavy atom. The first-order valence-corrected chi connectivity index (χ1v) is 6.53. The number of hydrogen-bond acceptors (Lipinski definition) is 3. The van der Waals surface area contributed by atoms with Gasteiger partial charge in [0.05, 0.1) is 5.00 Å². The highest BCUT2D eigenvalue weighted by atomic mass is 32.1. The van der Waals surface area contributed by atoms with Gasteiger partial charge < -0.3 is 11.5 Å². The molecule has 1 heterocycles. The summed E-state index contributed by atoms with van der Waals surface area (Å²) in [4.78, 5) is 12.1. The number of aryl methyl sites for hydroxylation is 2. The van der Waals surface area contributed by atoms with E-state index in [0.717, 1.165) is 23.5 Å². The van der Waals surface area contributed by atoms with Gasteiger partial charge in [0, 0.05) is 10.6 Å². The molecular weight excluding hydrogens is 246 g/mol. The van der Waals surface area contributed by atoms with E-state index in [1.54, 1.807) is 11.3 Å². The number of urea groups is 1. The smallest absolute Gasteiger partial charge is 0.317 e. The second kappa shape index (κ2) is 4.03. The van der Waals surface area contributed by atoms with Crippen LogP contribution >= 0.6 is 11.3 Å². The molecule has 1 aromatic carbocycles. The van der Waals surface area contributed by atoms with Gasteiger partial charge in [-0.1, -0.05) is 6.07 Å². The number of anilines is 2. The summed E-state index contributed by atoms with van der Waals surface area (Å²) < 4.78 is 0. The van der Waals surface area contributed by atoms with Crippen LogP contribution in [0.25, 0.3) is 10.4 Å². The summed E-state index contributed by atoms with van der Waals surface area (Å²) in [5.41, 5.74) is 15.5. The van der Waals surface area contributed by atoms with Crippen molar-refractivity contribution >= 4 is 28.1 Å². The fraction of sp³-hybridized carbons (Fsp3) is 0.154. The van der Waals surface area contributed by atoms with Crippen molar-refractivity contribution in [2.45, 2.75) is 12.8 Å². The van der Waals surface area contributed by atoms with Gasteiger partial charge in [0.2, 0.25) is 0 Å². The molecule has 0 bridgehead atoms. The molecule has 5 heteroatoms. The summed E-state index contributed by atoms with van der Waals surface area (Å²) in [6.45, 7) is 0. The maximum absolute atomic E-state index is 10.9. The molecule has 3 rings (SSSR count). The number of hydrogen-bond donors (Lipinski definition) is 3. The van der Waals surface area contributed by atoms with Gasteiger partial charge in [-0.3, -0.25) is 5.32 Å². The minimum Gasteiger partial charge on any atom is -0.399 e. The fourth-order valence-corrected chi connectivity index (χ4v) is 3.48. The van der Waals surface area contributed by atoms with Crippen LogP contribution < -0.4 is 16.8 Å².